The van der Waals surface area contributed by atoms with E-state index in [0.29, 0.717) is 19.8 Å². The third-order valence-electron chi connectivity index (χ3n) is 7.64. The van der Waals surface area contributed by atoms with Crippen LogP contribution in [0, 0.1) is 5.92 Å². The maximum atomic E-state index is 12.3. The maximum Gasteiger partial charge on any atom is 0.124 e. The molecule has 1 aliphatic carbocycles. The van der Waals surface area contributed by atoms with Crippen LogP contribution >= 0.6 is 0 Å². The van der Waals surface area contributed by atoms with Crippen LogP contribution in [0.3, 0.4) is 0 Å². The van der Waals surface area contributed by atoms with Crippen molar-refractivity contribution in [1.29, 1.82) is 0 Å². The minimum absolute atomic E-state index is 0.0526. The molecule has 0 saturated heterocycles. The highest BCUT2D eigenvalue weighted by Crippen LogP contribution is 2.43. The first-order valence-corrected chi connectivity index (χ1v) is 14.1. The molecule has 0 bridgehead atoms. The Bertz CT molecular complexity index is 1290. The molecular formula is C35H38O6. The fraction of sp³-hybridized carbons (Fsp3) is 0.314. The van der Waals surface area contributed by atoms with Crippen molar-refractivity contribution in [2.45, 2.75) is 50.3 Å². The van der Waals surface area contributed by atoms with Gasteiger partial charge in [0.05, 0.1) is 45.7 Å². The SMILES string of the molecule is OC[C@H]1[C@H](OCc2ccccc2)[C@@H](OCc2ccccc2)[C@H](OCc2ccccc2)C1(O)COCc1ccccc1. The van der Waals surface area contributed by atoms with E-state index in [0.717, 1.165) is 22.3 Å². The minimum atomic E-state index is -1.57. The number of rotatable bonds is 14. The van der Waals surface area contributed by atoms with Crippen LogP contribution in [0.4, 0.5) is 0 Å². The van der Waals surface area contributed by atoms with Gasteiger partial charge in [0.25, 0.3) is 0 Å². The molecule has 5 rings (SSSR count). The van der Waals surface area contributed by atoms with Crippen LogP contribution in [0.5, 0.6) is 0 Å². The molecule has 0 amide bonds. The van der Waals surface area contributed by atoms with Gasteiger partial charge in [-0.05, 0) is 22.3 Å². The Morgan fingerprint density at radius 3 is 1.34 bits per heavy atom. The van der Waals surface area contributed by atoms with Crippen LogP contribution in [0.25, 0.3) is 0 Å². The number of aliphatic hydroxyl groups excluding tert-OH is 1. The Kier molecular flexibility index (Phi) is 10.3. The van der Waals surface area contributed by atoms with Gasteiger partial charge in [0.1, 0.15) is 17.8 Å². The van der Waals surface area contributed by atoms with Gasteiger partial charge < -0.3 is 29.2 Å². The molecule has 6 nitrogen and oxygen atoms in total. The second-order valence-electron chi connectivity index (χ2n) is 10.5. The summed E-state index contributed by atoms with van der Waals surface area (Å²) in [6.45, 7) is 0.823. The van der Waals surface area contributed by atoms with Gasteiger partial charge in [-0.1, -0.05) is 121 Å². The van der Waals surface area contributed by atoms with Crippen LogP contribution < -0.4 is 0 Å². The van der Waals surface area contributed by atoms with Crippen LogP contribution in [0.1, 0.15) is 22.3 Å². The third kappa shape index (κ3) is 7.49. The molecule has 1 aliphatic rings. The predicted octanol–water partition coefficient (Wildman–Crippen LogP) is 5.31. The van der Waals surface area contributed by atoms with Crippen LogP contribution in [0.2, 0.25) is 0 Å². The van der Waals surface area contributed by atoms with Gasteiger partial charge in [-0.2, -0.15) is 0 Å². The summed E-state index contributed by atoms with van der Waals surface area (Å²) in [5.74, 6) is -0.705. The minimum Gasteiger partial charge on any atom is -0.396 e. The molecule has 214 valence electrons. The van der Waals surface area contributed by atoms with E-state index in [9.17, 15) is 10.2 Å². The summed E-state index contributed by atoms with van der Waals surface area (Å²) in [5.41, 5.74) is 2.37. The first-order chi connectivity index (χ1) is 20.2. The molecule has 1 fully saturated rings. The summed E-state index contributed by atoms with van der Waals surface area (Å²) in [5, 5.41) is 23.0. The molecule has 0 spiro atoms. The summed E-state index contributed by atoms with van der Waals surface area (Å²) in [4.78, 5) is 0. The average molecular weight is 555 g/mol. The monoisotopic (exact) mass is 554 g/mol. The Labute approximate surface area is 242 Å². The summed E-state index contributed by atoms with van der Waals surface area (Å²) in [7, 11) is 0. The Morgan fingerprint density at radius 1 is 0.512 bits per heavy atom. The normalized spacial score (nSPS) is 24.0. The van der Waals surface area contributed by atoms with E-state index in [4.69, 9.17) is 18.9 Å². The fourth-order valence-electron chi connectivity index (χ4n) is 5.46. The molecule has 0 heterocycles. The second-order valence-corrected chi connectivity index (χ2v) is 10.5. The molecule has 0 aromatic heterocycles. The van der Waals surface area contributed by atoms with Gasteiger partial charge in [-0.25, -0.2) is 0 Å². The van der Waals surface area contributed by atoms with Crippen molar-refractivity contribution in [3.63, 3.8) is 0 Å². The molecule has 6 heteroatoms. The predicted molar refractivity (Wildman–Crippen MR) is 157 cm³/mol. The quantitative estimate of drug-likeness (QED) is 0.220. The topological polar surface area (TPSA) is 77.4 Å². The number of ether oxygens (including phenoxy) is 4. The Balaban J connectivity index is 1.43. The van der Waals surface area contributed by atoms with Crippen LogP contribution in [-0.4, -0.2) is 47.3 Å². The van der Waals surface area contributed by atoms with Crippen molar-refractivity contribution >= 4 is 0 Å². The van der Waals surface area contributed by atoms with Gasteiger partial charge in [0.2, 0.25) is 0 Å². The van der Waals surface area contributed by atoms with E-state index >= 15 is 0 Å². The molecule has 5 atom stereocenters. The van der Waals surface area contributed by atoms with Crippen molar-refractivity contribution in [3.8, 4) is 0 Å². The van der Waals surface area contributed by atoms with Crippen molar-refractivity contribution in [3.05, 3.63) is 144 Å². The standard InChI is InChI=1S/C35H38O6/c36-21-31-32(39-23-28-15-7-2-8-16-28)33(40-24-29-17-9-3-10-18-29)34(41-25-30-19-11-4-12-20-30)35(31,37)26-38-22-27-13-5-1-6-14-27/h1-20,31-34,36-37H,21-26H2/t31-,32-,33+,34-,35?/m0/s1. The molecule has 4 aromatic rings. The van der Waals surface area contributed by atoms with E-state index in [1.54, 1.807) is 0 Å². The lowest BCUT2D eigenvalue weighted by Crippen LogP contribution is -2.52. The van der Waals surface area contributed by atoms with E-state index in [-0.39, 0.29) is 19.8 Å². The average Bonchev–Trinajstić information content (AvgIpc) is 3.25. The van der Waals surface area contributed by atoms with Crippen LogP contribution in [0.15, 0.2) is 121 Å². The van der Waals surface area contributed by atoms with Gasteiger partial charge in [0, 0.05) is 5.92 Å². The summed E-state index contributed by atoms with van der Waals surface area (Å²) < 4.78 is 25.5. The fourth-order valence-corrected chi connectivity index (χ4v) is 5.46. The molecular weight excluding hydrogens is 516 g/mol. The van der Waals surface area contributed by atoms with E-state index in [2.05, 4.69) is 0 Å². The summed E-state index contributed by atoms with van der Waals surface area (Å²) in [6, 6.07) is 39.3. The van der Waals surface area contributed by atoms with Crippen molar-refractivity contribution < 1.29 is 29.2 Å². The summed E-state index contributed by atoms with van der Waals surface area (Å²) in [6.07, 6.45) is -2.12. The highest BCUT2D eigenvalue weighted by atomic mass is 16.6. The van der Waals surface area contributed by atoms with E-state index < -0.39 is 29.8 Å². The number of hydrogen-bond donors (Lipinski definition) is 2. The van der Waals surface area contributed by atoms with Crippen molar-refractivity contribution in [1.82, 2.24) is 0 Å². The molecule has 0 aliphatic heterocycles. The van der Waals surface area contributed by atoms with E-state index in [1.165, 1.54) is 0 Å². The lowest BCUT2D eigenvalue weighted by Gasteiger charge is -2.35. The lowest BCUT2D eigenvalue weighted by atomic mass is 9.89. The molecule has 1 saturated carbocycles. The highest BCUT2D eigenvalue weighted by Gasteiger charge is 2.62. The molecule has 41 heavy (non-hydrogen) atoms. The smallest absolute Gasteiger partial charge is 0.124 e. The van der Waals surface area contributed by atoms with Gasteiger partial charge in [-0.15, -0.1) is 0 Å². The summed E-state index contributed by atoms with van der Waals surface area (Å²) >= 11 is 0. The molecule has 4 aromatic carbocycles. The molecule has 0 radical (unpaired) electrons. The van der Waals surface area contributed by atoms with Crippen LogP contribution in [-0.2, 0) is 45.4 Å². The zero-order valence-corrected chi connectivity index (χ0v) is 23.1. The maximum absolute atomic E-state index is 12.3. The largest absolute Gasteiger partial charge is 0.396 e. The first kappa shape index (κ1) is 29.1. The number of aliphatic hydroxyl groups is 2. The van der Waals surface area contributed by atoms with Crippen molar-refractivity contribution in [2.24, 2.45) is 5.92 Å². The van der Waals surface area contributed by atoms with Crippen molar-refractivity contribution in [2.75, 3.05) is 13.2 Å². The molecule has 1 unspecified atom stereocenters. The number of hydrogen-bond acceptors (Lipinski definition) is 6. The third-order valence-corrected chi connectivity index (χ3v) is 7.64. The zero-order chi connectivity index (χ0) is 28.3. The Morgan fingerprint density at radius 2 is 0.902 bits per heavy atom. The Hall–Kier alpha value is -3.36. The zero-order valence-electron chi connectivity index (χ0n) is 23.1. The van der Waals surface area contributed by atoms with Gasteiger partial charge >= 0.3 is 0 Å². The van der Waals surface area contributed by atoms with E-state index in [1.807, 2.05) is 121 Å². The molecule has 2 N–H and O–H groups in total. The van der Waals surface area contributed by atoms with Gasteiger partial charge in [-0.3, -0.25) is 0 Å². The lowest BCUT2D eigenvalue weighted by molar-refractivity contribution is -0.181. The highest BCUT2D eigenvalue weighted by molar-refractivity contribution is 5.18. The van der Waals surface area contributed by atoms with Gasteiger partial charge in [0.15, 0.2) is 0 Å². The second kappa shape index (κ2) is 14.5. The first-order valence-electron chi connectivity index (χ1n) is 14.1. The number of benzene rings is 4.